The number of sulfonamides is 1. The average molecular weight is 628 g/mol. The summed E-state index contributed by atoms with van der Waals surface area (Å²) in [5.41, 5.74) is -0.975. The molecular weight excluding hydrogens is 609 g/mol. The van der Waals surface area contributed by atoms with Crippen molar-refractivity contribution >= 4 is 66.3 Å². The van der Waals surface area contributed by atoms with Gasteiger partial charge in [0.25, 0.3) is 10.0 Å². The van der Waals surface area contributed by atoms with E-state index in [0.717, 1.165) is 34.4 Å². The normalized spacial score (nSPS) is 17.0. The van der Waals surface area contributed by atoms with Crippen LogP contribution in [0.1, 0.15) is 12.0 Å². The molecule has 0 amide bonds. The molecule has 188 valence electrons. The maximum Gasteiger partial charge on any atom is 0.419 e. The van der Waals surface area contributed by atoms with E-state index in [1.807, 2.05) is 24.1 Å². The van der Waals surface area contributed by atoms with Gasteiger partial charge in [-0.15, -0.1) is 11.3 Å². The van der Waals surface area contributed by atoms with Crippen LogP contribution in [0.5, 0.6) is 5.75 Å². The van der Waals surface area contributed by atoms with Crippen molar-refractivity contribution in [2.24, 2.45) is 0 Å². The van der Waals surface area contributed by atoms with Crippen molar-refractivity contribution in [2.75, 3.05) is 24.9 Å². The second kappa shape index (κ2) is 10.5. The van der Waals surface area contributed by atoms with Gasteiger partial charge in [-0.1, -0.05) is 35.5 Å². The average Bonchev–Trinajstić information content (AvgIpc) is 3.34. The minimum Gasteiger partial charge on any atom is -0.488 e. The molecule has 2 aromatic carbocycles. The highest BCUT2D eigenvalue weighted by atomic mass is 79.9. The van der Waals surface area contributed by atoms with Gasteiger partial charge in [-0.2, -0.15) is 13.2 Å². The summed E-state index contributed by atoms with van der Waals surface area (Å²) >= 11 is 11.9. The van der Waals surface area contributed by atoms with Crippen molar-refractivity contribution in [1.82, 2.24) is 4.90 Å². The van der Waals surface area contributed by atoms with Crippen LogP contribution in [0.15, 0.2) is 66.3 Å². The molecule has 4 rings (SSSR count). The number of rotatable bonds is 7. The number of ether oxygens (including phenoxy) is 1. The Balaban J connectivity index is 1.58. The first-order valence-electron chi connectivity index (χ1n) is 10.2. The van der Waals surface area contributed by atoms with Crippen LogP contribution < -0.4 is 9.46 Å². The van der Waals surface area contributed by atoms with Crippen molar-refractivity contribution in [3.05, 3.63) is 63.6 Å². The maximum atomic E-state index is 13.5. The van der Waals surface area contributed by atoms with Crippen LogP contribution in [0, 0.1) is 0 Å². The van der Waals surface area contributed by atoms with Gasteiger partial charge in [0, 0.05) is 28.5 Å². The Bertz CT molecular complexity index is 1330. The molecule has 1 aliphatic heterocycles. The molecule has 0 saturated carbocycles. The molecule has 3 aromatic rings. The number of hydrogen-bond acceptors (Lipinski definition) is 6. The number of halogens is 5. The summed E-state index contributed by atoms with van der Waals surface area (Å²) in [6.07, 6.45) is -4.47. The van der Waals surface area contributed by atoms with Crippen LogP contribution in [-0.2, 0) is 16.2 Å². The molecule has 5 nitrogen and oxygen atoms in total. The number of anilines is 1. The van der Waals surface area contributed by atoms with Crippen LogP contribution in [0.25, 0.3) is 0 Å². The number of thiophene rings is 1. The summed E-state index contributed by atoms with van der Waals surface area (Å²) in [6, 6.07) is 11.6. The van der Waals surface area contributed by atoms with E-state index in [1.54, 1.807) is 12.1 Å². The second-order valence-electron chi connectivity index (χ2n) is 7.84. The minimum atomic E-state index is -4.64. The fourth-order valence-corrected chi connectivity index (χ4v) is 8.40. The zero-order chi connectivity index (χ0) is 25.4. The Hall–Kier alpha value is -1.44. The monoisotopic (exact) mass is 626 g/mol. The molecule has 13 heteroatoms. The number of nitrogens with zero attached hydrogens (tertiary/aromatic N) is 1. The Morgan fingerprint density at radius 1 is 1.23 bits per heavy atom. The predicted molar refractivity (Wildman–Crippen MR) is 136 cm³/mol. The summed E-state index contributed by atoms with van der Waals surface area (Å²) in [4.78, 5) is 2.72. The lowest BCUT2D eigenvalue weighted by Gasteiger charge is -2.19. The standard InChI is InChI=1S/C22H19BrClF3N2O3S3/c1-29-9-8-14(12-29)32-18-10-13(6-7-15(18)22(25,26)27)28-35(30,31)20-11-16(23)21(34-20)33-19-5-3-2-4-17(19)24/h2-7,10-11,14,28H,8-9,12H2,1H3/t14-/m1/s1. The maximum absolute atomic E-state index is 13.5. The molecule has 1 aliphatic rings. The van der Waals surface area contributed by atoms with E-state index in [-0.39, 0.29) is 9.90 Å². The number of nitrogens with one attached hydrogen (secondary N) is 1. The number of hydrogen-bond donors (Lipinski definition) is 1. The molecule has 0 radical (unpaired) electrons. The van der Waals surface area contributed by atoms with E-state index in [9.17, 15) is 21.6 Å². The molecular formula is C22H19BrClF3N2O3S3. The van der Waals surface area contributed by atoms with E-state index in [0.29, 0.717) is 33.2 Å². The van der Waals surface area contributed by atoms with Gasteiger partial charge in [-0.3, -0.25) is 4.72 Å². The molecule has 0 bridgehead atoms. The lowest BCUT2D eigenvalue weighted by atomic mass is 10.1. The third-order valence-electron chi connectivity index (χ3n) is 5.12. The second-order valence-corrected chi connectivity index (χ2v) is 13.4. The van der Waals surface area contributed by atoms with E-state index in [1.165, 1.54) is 17.8 Å². The molecule has 1 saturated heterocycles. The van der Waals surface area contributed by atoms with Gasteiger partial charge in [-0.25, -0.2) is 8.42 Å². The summed E-state index contributed by atoms with van der Waals surface area (Å²) < 4.78 is 76.0. The molecule has 1 atom stereocenters. The molecule has 1 fully saturated rings. The zero-order valence-electron chi connectivity index (χ0n) is 18.1. The minimum absolute atomic E-state index is 0.00119. The molecule has 0 unspecified atom stereocenters. The smallest absolute Gasteiger partial charge is 0.419 e. The molecule has 35 heavy (non-hydrogen) atoms. The lowest BCUT2D eigenvalue weighted by Crippen LogP contribution is -2.23. The van der Waals surface area contributed by atoms with Crippen LogP contribution in [0.2, 0.25) is 5.02 Å². The van der Waals surface area contributed by atoms with Gasteiger partial charge in [0.15, 0.2) is 0 Å². The number of likely N-dealkylation sites (tertiary alicyclic amines) is 1. The number of likely N-dealkylation sites (N-methyl/N-ethyl adjacent to an activating group) is 1. The summed E-state index contributed by atoms with van der Waals surface area (Å²) in [5, 5.41) is 0.533. The Kier molecular flexibility index (Phi) is 7.99. The van der Waals surface area contributed by atoms with Crippen molar-refractivity contribution in [1.29, 1.82) is 0 Å². The highest BCUT2D eigenvalue weighted by Gasteiger charge is 2.36. The zero-order valence-corrected chi connectivity index (χ0v) is 22.9. The van der Waals surface area contributed by atoms with Crippen LogP contribution in [0.3, 0.4) is 0 Å². The fourth-order valence-electron chi connectivity index (χ4n) is 3.45. The molecule has 0 spiro atoms. The molecule has 1 N–H and O–H groups in total. The first kappa shape index (κ1) is 26.6. The Morgan fingerprint density at radius 3 is 2.63 bits per heavy atom. The van der Waals surface area contributed by atoms with Crippen molar-refractivity contribution in [3.63, 3.8) is 0 Å². The van der Waals surface area contributed by atoms with Gasteiger partial charge in [0.2, 0.25) is 0 Å². The highest BCUT2D eigenvalue weighted by Crippen LogP contribution is 2.44. The van der Waals surface area contributed by atoms with Crippen LogP contribution in [-0.4, -0.2) is 39.6 Å². The highest BCUT2D eigenvalue weighted by molar-refractivity contribution is 9.10. The topological polar surface area (TPSA) is 58.6 Å². The first-order chi connectivity index (χ1) is 16.4. The van der Waals surface area contributed by atoms with E-state index < -0.39 is 33.6 Å². The predicted octanol–water partition coefficient (Wildman–Crippen LogP) is 7.22. The van der Waals surface area contributed by atoms with Gasteiger partial charge in [0.1, 0.15) is 16.1 Å². The SMILES string of the molecule is CN1CC[C@@H](Oc2cc(NS(=O)(=O)c3cc(Br)c(Sc4ccccc4Cl)s3)ccc2C(F)(F)F)C1. The van der Waals surface area contributed by atoms with Gasteiger partial charge in [0.05, 0.1) is 20.5 Å². The summed E-state index contributed by atoms with van der Waals surface area (Å²) in [6.45, 7) is 1.20. The molecule has 2 heterocycles. The third-order valence-corrected chi connectivity index (χ3v) is 11.0. The van der Waals surface area contributed by atoms with Gasteiger partial charge < -0.3 is 9.64 Å². The lowest BCUT2D eigenvalue weighted by molar-refractivity contribution is -0.139. The quantitative estimate of drug-likeness (QED) is 0.300. The van der Waals surface area contributed by atoms with E-state index in [4.69, 9.17) is 16.3 Å². The molecule has 0 aliphatic carbocycles. The Labute approximate surface area is 222 Å². The summed E-state index contributed by atoms with van der Waals surface area (Å²) in [5.74, 6) is -0.402. The van der Waals surface area contributed by atoms with Crippen LogP contribution >= 0.6 is 50.6 Å². The molecule has 1 aromatic heterocycles. The number of benzene rings is 2. The van der Waals surface area contributed by atoms with Gasteiger partial charge in [-0.05, 0) is 59.7 Å². The van der Waals surface area contributed by atoms with Crippen LogP contribution in [0.4, 0.5) is 18.9 Å². The van der Waals surface area contributed by atoms with E-state index in [2.05, 4.69) is 20.7 Å². The largest absolute Gasteiger partial charge is 0.488 e. The summed E-state index contributed by atoms with van der Waals surface area (Å²) in [7, 11) is -2.21. The first-order valence-corrected chi connectivity index (χ1v) is 14.5. The fraction of sp³-hybridized carbons (Fsp3) is 0.273. The Morgan fingerprint density at radius 2 is 1.97 bits per heavy atom. The third kappa shape index (κ3) is 6.47. The van der Waals surface area contributed by atoms with E-state index >= 15 is 0 Å². The van der Waals surface area contributed by atoms with Gasteiger partial charge >= 0.3 is 6.18 Å². The number of alkyl halides is 3. The van der Waals surface area contributed by atoms with Crippen molar-refractivity contribution in [2.45, 2.75) is 32.0 Å². The van der Waals surface area contributed by atoms with Crippen molar-refractivity contribution < 1.29 is 26.3 Å². The van der Waals surface area contributed by atoms with Crippen molar-refractivity contribution in [3.8, 4) is 5.75 Å².